The quantitative estimate of drug-likeness (QED) is 0.919. The second-order valence-corrected chi connectivity index (χ2v) is 6.60. The third-order valence-electron chi connectivity index (χ3n) is 3.01. The van der Waals surface area contributed by atoms with Gasteiger partial charge in [-0.1, -0.05) is 11.6 Å². The molecule has 1 N–H and O–H groups in total. The average molecular weight is 305 g/mol. The Morgan fingerprint density at radius 3 is 2.47 bits per heavy atom. The first-order chi connectivity index (χ1) is 8.90. The van der Waals surface area contributed by atoms with E-state index in [1.165, 1.54) is 0 Å². The van der Waals surface area contributed by atoms with Gasteiger partial charge in [0, 0.05) is 18.1 Å². The van der Waals surface area contributed by atoms with Crippen LogP contribution >= 0.6 is 11.6 Å². The van der Waals surface area contributed by atoms with E-state index in [9.17, 15) is 8.42 Å². The molecule has 0 amide bonds. The lowest BCUT2D eigenvalue weighted by molar-refractivity contribution is 0.0272. The van der Waals surface area contributed by atoms with Gasteiger partial charge in [0.05, 0.1) is 18.1 Å². The molecule has 1 aliphatic rings. The molecule has 1 aromatic rings. The molecule has 1 fully saturated rings. The summed E-state index contributed by atoms with van der Waals surface area (Å²) in [4.78, 5) is 2.85. The van der Waals surface area contributed by atoms with Crippen molar-refractivity contribution in [2.24, 2.45) is 0 Å². The Labute approximate surface area is 118 Å². The van der Waals surface area contributed by atoms with Gasteiger partial charge in [-0.15, -0.1) is 4.83 Å². The Bertz CT molecular complexity index is 569. The SMILES string of the molecule is Cc1cc(S(=O)(=O)NN2CCOCC2)c(C)cc1Cl. The molecule has 19 heavy (non-hydrogen) atoms. The largest absolute Gasteiger partial charge is 0.379 e. The highest BCUT2D eigenvalue weighted by atomic mass is 35.5. The molecule has 1 aromatic carbocycles. The van der Waals surface area contributed by atoms with Crippen molar-refractivity contribution in [2.45, 2.75) is 18.7 Å². The lowest BCUT2D eigenvalue weighted by Gasteiger charge is -2.27. The molecule has 2 rings (SSSR count). The van der Waals surface area contributed by atoms with Crippen molar-refractivity contribution in [1.82, 2.24) is 9.84 Å². The molecule has 0 unspecified atom stereocenters. The monoisotopic (exact) mass is 304 g/mol. The molecule has 0 aliphatic carbocycles. The number of ether oxygens (including phenoxy) is 1. The summed E-state index contributed by atoms with van der Waals surface area (Å²) in [6, 6.07) is 3.27. The van der Waals surface area contributed by atoms with Gasteiger partial charge >= 0.3 is 0 Å². The molecule has 0 atom stereocenters. The fourth-order valence-corrected chi connectivity index (χ4v) is 3.57. The summed E-state index contributed by atoms with van der Waals surface area (Å²) >= 11 is 5.99. The van der Waals surface area contributed by atoms with Crippen LogP contribution in [-0.4, -0.2) is 39.7 Å². The molecule has 7 heteroatoms. The highest BCUT2D eigenvalue weighted by molar-refractivity contribution is 7.89. The van der Waals surface area contributed by atoms with Gasteiger partial charge in [-0.2, -0.15) is 0 Å². The van der Waals surface area contributed by atoms with Gasteiger partial charge in [-0.05, 0) is 37.1 Å². The highest BCUT2D eigenvalue weighted by Crippen LogP contribution is 2.23. The maximum atomic E-state index is 12.3. The number of rotatable bonds is 3. The van der Waals surface area contributed by atoms with Crippen LogP contribution in [0, 0.1) is 13.8 Å². The Kier molecular flexibility index (Phi) is 4.47. The molecule has 1 heterocycles. The zero-order valence-corrected chi connectivity index (χ0v) is 12.5. The van der Waals surface area contributed by atoms with Gasteiger partial charge < -0.3 is 4.74 Å². The van der Waals surface area contributed by atoms with Crippen LogP contribution < -0.4 is 4.83 Å². The standard InChI is InChI=1S/C12H17ClN2O3S/c1-9-8-12(10(2)7-11(9)13)19(16,17)14-15-3-5-18-6-4-15/h7-8,14H,3-6H2,1-2H3. The molecule has 1 aliphatic heterocycles. The zero-order chi connectivity index (χ0) is 14.0. The van der Waals surface area contributed by atoms with Crippen LogP contribution in [0.4, 0.5) is 0 Å². The van der Waals surface area contributed by atoms with E-state index in [-0.39, 0.29) is 4.90 Å². The zero-order valence-electron chi connectivity index (χ0n) is 10.9. The van der Waals surface area contributed by atoms with Gasteiger partial charge in [0.1, 0.15) is 0 Å². The fraction of sp³-hybridized carbons (Fsp3) is 0.500. The minimum Gasteiger partial charge on any atom is -0.379 e. The molecule has 0 radical (unpaired) electrons. The molecule has 0 bridgehead atoms. The summed E-state index contributed by atoms with van der Waals surface area (Å²) < 4.78 is 29.9. The number of hydrazine groups is 1. The summed E-state index contributed by atoms with van der Waals surface area (Å²) in [5.41, 5.74) is 1.38. The number of hydrogen-bond acceptors (Lipinski definition) is 4. The van der Waals surface area contributed by atoms with Gasteiger partial charge in [-0.25, -0.2) is 13.4 Å². The number of sulfonamides is 1. The van der Waals surface area contributed by atoms with E-state index >= 15 is 0 Å². The second-order valence-electron chi connectivity index (χ2n) is 4.56. The number of nitrogens with zero attached hydrogens (tertiary/aromatic N) is 1. The van der Waals surface area contributed by atoms with Gasteiger partial charge in [0.2, 0.25) is 0 Å². The predicted molar refractivity (Wildman–Crippen MR) is 73.6 cm³/mol. The molecule has 0 saturated carbocycles. The first-order valence-corrected chi connectivity index (χ1v) is 7.88. The number of aryl methyl sites for hydroxylation is 2. The molecule has 0 aromatic heterocycles. The van der Waals surface area contributed by atoms with Crippen molar-refractivity contribution in [3.8, 4) is 0 Å². The normalized spacial score (nSPS) is 17.6. The Morgan fingerprint density at radius 2 is 1.84 bits per heavy atom. The molecule has 1 saturated heterocycles. The van der Waals surface area contributed by atoms with Crippen LogP contribution in [0.15, 0.2) is 17.0 Å². The minimum absolute atomic E-state index is 0.265. The van der Waals surface area contributed by atoms with Crippen LogP contribution in [-0.2, 0) is 14.8 Å². The molecular weight excluding hydrogens is 288 g/mol. The first kappa shape index (κ1) is 14.7. The van der Waals surface area contributed by atoms with Crippen molar-refractivity contribution in [2.75, 3.05) is 26.3 Å². The van der Waals surface area contributed by atoms with Crippen molar-refractivity contribution in [3.63, 3.8) is 0 Å². The average Bonchev–Trinajstić information content (AvgIpc) is 2.34. The van der Waals surface area contributed by atoms with Crippen molar-refractivity contribution < 1.29 is 13.2 Å². The summed E-state index contributed by atoms with van der Waals surface area (Å²) in [5.74, 6) is 0. The maximum absolute atomic E-state index is 12.3. The van der Waals surface area contributed by atoms with E-state index in [0.29, 0.717) is 36.9 Å². The van der Waals surface area contributed by atoms with Crippen LogP contribution in [0.3, 0.4) is 0 Å². The van der Waals surface area contributed by atoms with Crippen molar-refractivity contribution >= 4 is 21.6 Å². The summed E-state index contributed by atoms with van der Waals surface area (Å²) in [6.45, 7) is 5.67. The Hall–Kier alpha value is -0.660. The topological polar surface area (TPSA) is 58.6 Å². The van der Waals surface area contributed by atoms with Gasteiger partial charge in [0.25, 0.3) is 10.0 Å². The Morgan fingerprint density at radius 1 is 1.21 bits per heavy atom. The smallest absolute Gasteiger partial charge is 0.253 e. The molecular formula is C12H17ClN2O3S. The number of morpholine rings is 1. The van der Waals surface area contributed by atoms with E-state index in [2.05, 4.69) is 4.83 Å². The molecule has 5 nitrogen and oxygen atoms in total. The maximum Gasteiger partial charge on any atom is 0.253 e. The van der Waals surface area contributed by atoms with Crippen molar-refractivity contribution in [1.29, 1.82) is 0 Å². The first-order valence-electron chi connectivity index (χ1n) is 6.02. The predicted octanol–water partition coefficient (Wildman–Crippen LogP) is 1.48. The minimum atomic E-state index is -3.57. The lowest BCUT2D eigenvalue weighted by atomic mass is 10.2. The van der Waals surface area contributed by atoms with E-state index in [1.54, 1.807) is 31.0 Å². The van der Waals surface area contributed by atoms with E-state index in [4.69, 9.17) is 16.3 Å². The number of hydrogen-bond donors (Lipinski definition) is 1. The second kappa shape index (κ2) is 5.76. The summed E-state index contributed by atoms with van der Waals surface area (Å²) in [5, 5.41) is 2.23. The lowest BCUT2D eigenvalue weighted by Crippen LogP contribution is -2.48. The van der Waals surface area contributed by atoms with Crippen LogP contribution in [0.1, 0.15) is 11.1 Å². The number of nitrogens with one attached hydrogen (secondary N) is 1. The highest BCUT2D eigenvalue weighted by Gasteiger charge is 2.22. The number of halogens is 1. The summed E-state index contributed by atoms with van der Waals surface area (Å²) in [6.07, 6.45) is 0. The summed E-state index contributed by atoms with van der Waals surface area (Å²) in [7, 11) is -3.57. The van der Waals surface area contributed by atoms with E-state index in [0.717, 1.165) is 5.56 Å². The number of benzene rings is 1. The molecule has 0 spiro atoms. The Balaban J connectivity index is 2.26. The van der Waals surface area contributed by atoms with E-state index in [1.807, 2.05) is 0 Å². The fourth-order valence-electron chi connectivity index (χ4n) is 1.92. The molecule has 106 valence electrons. The third-order valence-corrected chi connectivity index (χ3v) is 4.93. The van der Waals surface area contributed by atoms with Crippen LogP contribution in [0.2, 0.25) is 5.02 Å². The van der Waals surface area contributed by atoms with E-state index < -0.39 is 10.0 Å². The van der Waals surface area contributed by atoms with Crippen molar-refractivity contribution in [3.05, 3.63) is 28.3 Å². The van der Waals surface area contributed by atoms with Crippen LogP contribution in [0.25, 0.3) is 0 Å². The van der Waals surface area contributed by atoms with Gasteiger partial charge in [-0.3, -0.25) is 0 Å². The third kappa shape index (κ3) is 3.46. The van der Waals surface area contributed by atoms with Crippen LogP contribution in [0.5, 0.6) is 0 Å². The van der Waals surface area contributed by atoms with Gasteiger partial charge in [0.15, 0.2) is 0 Å².